The third-order valence-corrected chi connectivity index (χ3v) is 4.52. The van der Waals surface area contributed by atoms with Gasteiger partial charge in [-0.15, -0.1) is 0 Å². The molecule has 0 unspecified atom stereocenters. The smallest absolute Gasteiger partial charge is 0.268 e. The summed E-state index contributed by atoms with van der Waals surface area (Å²) < 4.78 is 6.89. The fourth-order valence-electron chi connectivity index (χ4n) is 3.25. The van der Waals surface area contributed by atoms with E-state index in [0.717, 1.165) is 19.5 Å². The largest absolute Gasteiger partial charge is 0.463 e. The van der Waals surface area contributed by atoms with E-state index in [4.69, 9.17) is 4.42 Å². The van der Waals surface area contributed by atoms with Gasteiger partial charge in [0.25, 0.3) is 5.56 Å². The molecule has 3 heterocycles. The van der Waals surface area contributed by atoms with Crippen molar-refractivity contribution in [2.45, 2.75) is 19.0 Å². The highest BCUT2D eigenvalue weighted by Crippen LogP contribution is 2.27. The summed E-state index contributed by atoms with van der Waals surface area (Å²) >= 11 is 0. The lowest BCUT2D eigenvalue weighted by Crippen LogP contribution is -2.32. The number of nitrogens with zero attached hydrogens (tertiary/aromatic N) is 3. The van der Waals surface area contributed by atoms with Crippen LogP contribution in [0.3, 0.4) is 0 Å². The van der Waals surface area contributed by atoms with E-state index < -0.39 is 0 Å². The number of rotatable bonds is 4. The number of hydrogen-bond donors (Lipinski definition) is 0. The summed E-state index contributed by atoms with van der Waals surface area (Å²) in [5.41, 5.74) is 1.96. The van der Waals surface area contributed by atoms with Crippen LogP contribution in [-0.2, 0) is 6.67 Å². The summed E-state index contributed by atoms with van der Waals surface area (Å²) in [5, 5.41) is 4.44. The second-order valence-electron chi connectivity index (χ2n) is 6.15. The van der Waals surface area contributed by atoms with E-state index in [1.807, 2.05) is 18.2 Å². The first-order chi connectivity index (χ1) is 11.8. The predicted octanol–water partition coefficient (Wildman–Crippen LogP) is 2.95. The quantitative estimate of drug-likeness (QED) is 0.741. The van der Waals surface area contributed by atoms with Crippen molar-refractivity contribution in [3.05, 3.63) is 76.8 Å². The van der Waals surface area contributed by atoms with Crippen LogP contribution in [0.2, 0.25) is 0 Å². The molecule has 0 N–H and O–H groups in total. The maximum Gasteiger partial charge on any atom is 0.268 e. The summed E-state index contributed by atoms with van der Waals surface area (Å²) in [4.78, 5) is 14.4. The van der Waals surface area contributed by atoms with Crippen molar-refractivity contribution in [1.29, 1.82) is 0 Å². The topological polar surface area (TPSA) is 51.3 Å². The Morgan fingerprint density at radius 3 is 2.75 bits per heavy atom. The molecule has 0 spiro atoms. The van der Waals surface area contributed by atoms with E-state index >= 15 is 0 Å². The minimum Gasteiger partial charge on any atom is -0.463 e. The van der Waals surface area contributed by atoms with E-state index in [1.165, 1.54) is 10.2 Å². The van der Waals surface area contributed by atoms with Crippen molar-refractivity contribution >= 4 is 0 Å². The molecule has 3 aromatic rings. The molecule has 1 saturated heterocycles. The van der Waals surface area contributed by atoms with Crippen LogP contribution in [0.4, 0.5) is 0 Å². The molecule has 122 valence electrons. The van der Waals surface area contributed by atoms with E-state index in [0.29, 0.717) is 24.0 Å². The van der Waals surface area contributed by atoms with Crippen LogP contribution in [0.15, 0.2) is 70.1 Å². The minimum absolute atomic E-state index is 0.0894. The lowest BCUT2D eigenvalue weighted by Gasteiger charge is -2.17. The van der Waals surface area contributed by atoms with Crippen LogP contribution in [-0.4, -0.2) is 27.8 Å². The van der Waals surface area contributed by atoms with Crippen LogP contribution in [0.25, 0.3) is 11.5 Å². The fraction of sp³-hybridized carbons (Fsp3) is 0.263. The maximum absolute atomic E-state index is 12.1. The molecule has 0 amide bonds. The number of hydrogen-bond acceptors (Lipinski definition) is 4. The molecule has 0 saturated carbocycles. The Kier molecular flexibility index (Phi) is 4.01. The highest BCUT2D eigenvalue weighted by atomic mass is 16.3. The summed E-state index contributed by atoms with van der Waals surface area (Å²) in [5.74, 6) is 1.20. The van der Waals surface area contributed by atoms with Gasteiger partial charge < -0.3 is 4.42 Å². The van der Waals surface area contributed by atoms with Gasteiger partial charge in [-0.25, -0.2) is 4.68 Å². The van der Waals surface area contributed by atoms with Gasteiger partial charge in [0.15, 0.2) is 5.76 Å². The van der Waals surface area contributed by atoms with Gasteiger partial charge in [0.2, 0.25) is 0 Å². The van der Waals surface area contributed by atoms with Gasteiger partial charge in [0, 0.05) is 19.2 Å². The third kappa shape index (κ3) is 3.03. The van der Waals surface area contributed by atoms with Gasteiger partial charge >= 0.3 is 0 Å². The molecule has 4 rings (SSSR count). The Labute approximate surface area is 140 Å². The van der Waals surface area contributed by atoms with Crippen molar-refractivity contribution in [3.8, 4) is 11.5 Å². The first-order valence-corrected chi connectivity index (χ1v) is 8.19. The van der Waals surface area contributed by atoms with E-state index in [9.17, 15) is 4.79 Å². The lowest BCUT2D eigenvalue weighted by molar-refractivity contribution is 0.246. The van der Waals surface area contributed by atoms with Crippen LogP contribution < -0.4 is 5.56 Å². The molecule has 0 radical (unpaired) electrons. The molecule has 5 nitrogen and oxygen atoms in total. The Morgan fingerprint density at radius 1 is 1.08 bits per heavy atom. The highest BCUT2D eigenvalue weighted by molar-refractivity contribution is 5.50. The standard InChI is InChI=1S/C19H19N3O2/c23-19-9-8-17(18-7-4-12-24-18)20-22(19)14-21-11-10-16(13-21)15-5-2-1-3-6-15/h1-9,12,16H,10-11,13-14H2/t16-/m0/s1. The molecular weight excluding hydrogens is 302 g/mol. The molecule has 1 atom stereocenters. The van der Waals surface area contributed by atoms with Crippen LogP contribution in [0, 0.1) is 0 Å². The van der Waals surface area contributed by atoms with Crippen LogP contribution in [0.1, 0.15) is 17.9 Å². The summed E-state index contributed by atoms with van der Waals surface area (Å²) in [6.07, 6.45) is 2.72. The van der Waals surface area contributed by atoms with Gasteiger partial charge in [0.1, 0.15) is 5.69 Å². The van der Waals surface area contributed by atoms with E-state index in [1.54, 1.807) is 18.4 Å². The van der Waals surface area contributed by atoms with Crippen molar-refractivity contribution in [2.24, 2.45) is 0 Å². The zero-order valence-electron chi connectivity index (χ0n) is 13.3. The van der Waals surface area contributed by atoms with Crippen molar-refractivity contribution in [2.75, 3.05) is 13.1 Å². The van der Waals surface area contributed by atoms with Gasteiger partial charge in [-0.2, -0.15) is 5.10 Å². The van der Waals surface area contributed by atoms with Gasteiger partial charge in [0.05, 0.1) is 12.9 Å². The molecule has 2 aromatic heterocycles. The number of benzene rings is 1. The van der Waals surface area contributed by atoms with Crippen molar-refractivity contribution < 1.29 is 4.42 Å². The minimum atomic E-state index is -0.0894. The predicted molar refractivity (Wildman–Crippen MR) is 91.6 cm³/mol. The second kappa shape index (κ2) is 6.45. The normalized spacial score (nSPS) is 18.1. The van der Waals surface area contributed by atoms with E-state index in [-0.39, 0.29) is 5.56 Å². The Bertz CT molecular complexity index is 856. The highest BCUT2D eigenvalue weighted by Gasteiger charge is 2.24. The third-order valence-electron chi connectivity index (χ3n) is 4.52. The summed E-state index contributed by atoms with van der Waals surface area (Å²) in [6.45, 7) is 2.43. The van der Waals surface area contributed by atoms with Crippen molar-refractivity contribution in [3.63, 3.8) is 0 Å². The lowest BCUT2D eigenvalue weighted by atomic mass is 9.99. The van der Waals surface area contributed by atoms with Gasteiger partial charge in [-0.3, -0.25) is 9.69 Å². The second-order valence-corrected chi connectivity index (χ2v) is 6.15. The molecule has 5 heteroatoms. The molecule has 1 aliphatic rings. The Hall–Kier alpha value is -2.66. The van der Waals surface area contributed by atoms with E-state index in [2.05, 4.69) is 34.3 Å². The number of aromatic nitrogens is 2. The maximum atomic E-state index is 12.1. The first-order valence-electron chi connectivity index (χ1n) is 8.19. The van der Waals surface area contributed by atoms with Crippen LogP contribution >= 0.6 is 0 Å². The Morgan fingerprint density at radius 2 is 1.96 bits per heavy atom. The SMILES string of the molecule is O=c1ccc(-c2ccco2)nn1CN1CC[C@H](c2ccccc2)C1. The average molecular weight is 321 g/mol. The number of likely N-dealkylation sites (tertiary alicyclic amines) is 1. The first kappa shape index (κ1) is 14.9. The molecule has 1 fully saturated rings. The molecule has 1 aromatic carbocycles. The average Bonchev–Trinajstić information content (AvgIpc) is 3.29. The zero-order valence-corrected chi connectivity index (χ0v) is 13.3. The monoisotopic (exact) mass is 321 g/mol. The summed E-state index contributed by atoms with van der Waals surface area (Å²) in [7, 11) is 0. The molecule has 0 aliphatic carbocycles. The molecule has 0 bridgehead atoms. The fourth-order valence-corrected chi connectivity index (χ4v) is 3.25. The van der Waals surface area contributed by atoms with Gasteiger partial charge in [-0.05, 0) is 36.1 Å². The van der Waals surface area contributed by atoms with Gasteiger partial charge in [-0.1, -0.05) is 30.3 Å². The zero-order chi connectivity index (χ0) is 16.4. The summed E-state index contributed by atoms with van der Waals surface area (Å²) in [6, 6.07) is 17.5. The Balaban J connectivity index is 1.50. The van der Waals surface area contributed by atoms with Crippen molar-refractivity contribution in [1.82, 2.24) is 14.7 Å². The molecule has 24 heavy (non-hydrogen) atoms. The number of furan rings is 1. The molecular formula is C19H19N3O2. The van der Waals surface area contributed by atoms with Crippen LogP contribution in [0.5, 0.6) is 0 Å². The molecule has 1 aliphatic heterocycles.